The molecule has 0 fully saturated rings. The van der Waals surface area contributed by atoms with Gasteiger partial charge >= 0.3 is 0 Å². The van der Waals surface area contributed by atoms with Crippen molar-refractivity contribution >= 4 is 54.7 Å². The van der Waals surface area contributed by atoms with Gasteiger partial charge in [0.25, 0.3) is 0 Å². The quantitative estimate of drug-likeness (QED) is 0.0982. The molecule has 0 spiro atoms. The second-order valence-corrected chi connectivity index (χ2v) is 24.2. The summed E-state index contributed by atoms with van der Waals surface area (Å²) in [5.74, 6) is 21.2. The number of carbonyl (C=O) groups is 2. The first-order chi connectivity index (χ1) is 47.5. The van der Waals surface area contributed by atoms with Crippen LogP contribution in [0.3, 0.4) is 0 Å². The fourth-order valence-electron chi connectivity index (χ4n) is 12.0. The van der Waals surface area contributed by atoms with E-state index in [-0.39, 0.29) is 17.7 Å². The van der Waals surface area contributed by atoms with E-state index in [1.54, 1.807) is 77.6 Å². The fourth-order valence-corrected chi connectivity index (χ4v) is 12.0. The van der Waals surface area contributed by atoms with Crippen molar-refractivity contribution in [2.24, 2.45) is 0 Å². The van der Waals surface area contributed by atoms with E-state index in [1.807, 2.05) is 45.0 Å². The Labute approximate surface area is 577 Å². The maximum Gasteiger partial charge on any atom is 0.129 e. The Balaban J connectivity index is 0.000000678. The minimum atomic E-state index is -0.116. The Morgan fingerprint density at radius 1 is 0.337 bits per heavy atom. The molecule has 0 saturated carbocycles. The van der Waals surface area contributed by atoms with Crippen LogP contribution in [0, 0.1) is 23.7 Å². The Hall–Kier alpha value is -10.7. The third-order valence-corrected chi connectivity index (χ3v) is 17.7. The van der Waals surface area contributed by atoms with Crippen molar-refractivity contribution in [1.82, 2.24) is 0 Å². The van der Waals surface area contributed by atoms with Crippen LogP contribution in [-0.4, -0.2) is 79.7 Å². The molecule has 0 unspecified atom stereocenters. The van der Waals surface area contributed by atoms with E-state index in [4.69, 9.17) is 43.0 Å². The monoisotopic (exact) mass is 1310 g/mol. The number of aliphatic hydroxyl groups excluding tert-OH is 1. The molecule has 11 heteroatoms. The summed E-state index contributed by atoms with van der Waals surface area (Å²) in [5.41, 5.74) is 12.9. The smallest absolute Gasteiger partial charge is 0.129 e. The van der Waals surface area contributed by atoms with Crippen molar-refractivity contribution in [2.45, 2.75) is 99.0 Å². The summed E-state index contributed by atoms with van der Waals surface area (Å²) in [6.45, 7) is 10.6. The molecule has 1 atom stereocenters. The topological polar surface area (TPSA) is 128 Å². The molecule has 10 aliphatic rings. The Morgan fingerprint density at radius 2 is 0.531 bits per heavy atom. The van der Waals surface area contributed by atoms with Crippen LogP contribution < -0.4 is 37.9 Å². The SMILES string of the molecule is CCC(C)=O.CCC(C)=O.CC[C@H](C)O.COc1cc2c(OC)cc1Cc1cc(C#Cc3c4ccccc4cc4ccccc34)c(cc1C#Cc1c3ccccc3cc3ccccc13)Cc1cc(OC)c(cc1OC)Cc1cc(OC)c(cc1OC)Cc1cc(OC)c(cc1OC)C2. The molecular formula is C87H88O11. The molecule has 10 bridgehead atoms. The molecule has 0 aromatic heterocycles. The summed E-state index contributed by atoms with van der Waals surface area (Å²) in [6, 6.07) is 59.3. The number of aliphatic hydroxyl groups is 1. The summed E-state index contributed by atoms with van der Waals surface area (Å²) < 4.78 is 49.9. The molecule has 0 saturated heterocycles. The van der Waals surface area contributed by atoms with Gasteiger partial charge in [0, 0.05) is 112 Å². The number of methoxy groups -OCH3 is 8. The molecule has 10 aliphatic carbocycles. The van der Waals surface area contributed by atoms with Crippen molar-refractivity contribution in [2.75, 3.05) is 56.9 Å². The van der Waals surface area contributed by atoms with Crippen LogP contribution in [0.2, 0.25) is 0 Å². The predicted octanol–water partition coefficient (Wildman–Crippen LogP) is 18.2. The van der Waals surface area contributed by atoms with Gasteiger partial charge in [-0.3, -0.25) is 0 Å². The molecule has 502 valence electrons. The Kier molecular flexibility index (Phi) is 24.7. The van der Waals surface area contributed by atoms with Crippen molar-refractivity contribution in [3.05, 3.63) is 248 Å². The number of ether oxygens (including phenoxy) is 8. The molecule has 0 amide bonds. The second-order valence-electron chi connectivity index (χ2n) is 24.2. The lowest BCUT2D eigenvalue weighted by Gasteiger charge is -2.20. The van der Waals surface area contributed by atoms with Crippen molar-refractivity contribution < 1.29 is 52.6 Å². The van der Waals surface area contributed by atoms with E-state index < -0.39 is 0 Å². The van der Waals surface area contributed by atoms with Crippen LogP contribution in [0.4, 0.5) is 0 Å². The van der Waals surface area contributed by atoms with Crippen LogP contribution in [0.1, 0.15) is 139 Å². The summed E-state index contributed by atoms with van der Waals surface area (Å²) in [6.07, 6.45) is 4.37. The van der Waals surface area contributed by atoms with Gasteiger partial charge in [-0.15, -0.1) is 0 Å². The van der Waals surface area contributed by atoms with Gasteiger partial charge in [-0.2, -0.15) is 0 Å². The summed E-state index contributed by atoms with van der Waals surface area (Å²) in [4.78, 5) is 19.6. The van der Waals surface area contributed by atoms with Crippen LogP contribution in [0.15, 0.2) is 170 Å². The standard InChI is InChI=1S/C75H62O8.C4H10O.2C4H8O/c1-76-68-40-56-35-58-42-74(82-7)60(44-72(58)80-5)37-61-45-73(81-6)59(43-75(61)83-8)36-57-41-69(77-2)55(39-71(57)79-4)34-53-30-46(25-27-66-62-21-13-9-17-48(62)31-49-18-10-14-22-63(49)66)52(33-54(68)38-70(56)78-3)29-47(53)26-28-67-64-23-15-11-19-50(64)32-51-20-12-16-24-65(51)67;3*1-3-4(2)5/h9-24,29-32,38-45H,33-37H2,1-8H3;4-5H,3H2,1-2H3;2*3H2,1-2H3/t;4-;;/m.0../s1. The van der Waals surface area contributed by atoms with Gasteiger partial charge in [0.1, 0.15) is 57.6 Å². The average molecular weight is 1310 g/mol. The molecule has 11 nitrogen and oxygen atoms in total. The van der Waals surface area contributed by atoms with Gasteiger partial charge in [0.2, 0.25) is 0 Å². The number of ketones is 2. The van der Waals surface area contributed by atoms with Gasteiger partial charge in [-0.05, 0) is 154 Å². The van der Waals surface area contributed by atoms with Gasteiger partial charge in [0.05, 0.1) is 63.0 Å². The number of fused-ring (bicyclic) bond motifs is 4. The molecule has 1 N–H and O–H groups in total. The summed E-state index contributed by atoms with van der Waals surface area (Å²) in [7, 11) is 13.6. The Bertz CT molecular complexity index is 4430. The number of Topliss-reactive ketones (excluding diaryl/α,β-unsaturated/α-hetero) is 2. The van der Waals surface area contributed by atoms with Gasteiger partial charge < -0.3 is 52.6 Å². The van der Waals surface area contributed by atoms with Crippen LogP contribution in [0.25, 0.3) is 43.1 Å². The molecule has 21 rings (SSSR count). The zero-order valence-electron chi connectivity index (χ0n) is 58.9. The van der Waals surface area contributed by atoms with E-state index in [0.717, 1.165) is 127 Å². The minimum absolute atomic E-state index is 0.116. The van der Waals surface area contributed by atoms with Crippen LogP contribution >= 0.6 is 0 Å². The first-order valence-corrected chi connectivity index (χ1v) is 33.2. The minimum Gasteiger partial charge on any atom is -0.496 e. The van der Waals surface area contributed by atoms with Gasteiger partial charge in [0.15, 0.2) is 0 Å². The third kappa shape index (κ3) is 16.9. The maximum absolute atomic E-state index is 9.81. The van der Waals surface area contributed by atoms with Gasteiger partial charge in [-0.1, -0.05) is 142 Å². The third-order valence-electron chi connectivity index (χ3n) is 17.7. The maximum atomic E-state index is 9.81. The lowest BCUT2D eigenvalue weighted by Crippen LogP contribution is -2.05. The van der Waals surface area contributed by atoms with E-state index >= 15 is 0 Å². The summed E-state index contributed by atoms with van der Waals surface area (Å²) in [5, 5.41) is 17.2. The van der Waals surface area contributed by atoms with Crippen LogP contribution in [-0.2, 0) is 41.7 Å². The first kappa shape index (κ1) is 71.6. The zero-order valence-corrected chi connectivity index (χ0v) is 58.9. The number of rotatable bonds is 11. The summed E-state index contributed by atoms with van der Waals surface area (Å²) >= 11 is 0. The predicted molar refractivity (Wildman–Crippen MR) is 397 cm³/mol. The highest BCUT2D eigenvalue weighted by Gasteiger charge is 2.23. The molecule has 0 heterocycles. The van der Waals surface area contributed by atoms with Crippen molar-refractivity contribution in [1.29, 1.82) is 0 Å². The number of benzene rings is 11. The molecular weight excluding hydrogens is 1220 g/mol. The van der Waals surface area contributed by atoms with E-state index in [0.29, 0.717) is 90.9 Å². The normalized spacial score (nSPS) is 11.6. The number of hydrogen-bond acceptors (Lipinski definition) is 11. The number of hydrogen-bond donors (Lipinski definition) is 1. The molecule has 11 aromatic rings. The Morgan fingerprint density at radius 3 is 0.714 bits per heavy atom. The largest absolute Gasteiger partial charge is 0.496 e. The first-order valence-electron chi connectivity index (χ1n) is 33.2. The lowest BCUT2D eigenvalue weighted by atomic mass is 9.89. The highest BCUT2D eigenvalue weighted by Crippen LogP contribution is 2.42. The highest BCUT2D eigenvalue weighted by atomic mass is 16.5. The zero-order chi connectivity index (χ0) is 70.0. The second kappa shape index (κ2) is 33.8. The average Bonchev–Trinajstić information content (AvgIpc) is 0.833. The van der Waals surface area contributed by atoms with E-state index in [1.165, 1.54) is 0 Å². The van der Waals surface area contributed by atoms with Crippen LogP contribution in [0.5, 0.6) is 46.0 Å². The van der Waals surface area contributed by atoms with Gasteiger partial charge in [-0.25, -0.2) is 0 Å². The van der Waals surface area contributed by atoms with Crippen molar-refractivity contribution in [3.63, 3.8) is 0 Å². The highest BCUT2D eigenvalue weighted by molar-refractivity contribution is 6.06. The fraction of sp³-hybridized carbons (Fsp3) is 0.264. The van der Waals surface area contributed by atoms with E-state index in [9.17, 15) is 9.59 Å². The molecule has 98 heavy (non-hydrogen) atoms. The van der Waals surface area contributed by atoms with E-state index in [2.05, 4.69) is 169 Å². The number of carbonyl (C=O) groups excluding carboxylic acids is 2. The van der Waals surface area contributed by atoms with Crippen molar-refractivity contribution in [3.8, 4) is 69.7 Å². The molecule has 0 radical (unpaired) electrons. The molecule has 11 aromatic carbocycles. The lowest BCUT2D eigenvalue weighted by molar-refractivity contribution is -0.117. The molecule has 0 aliphatic heterocycles.